The summed E-state index contributed by atoms with van der Waals surface area (Å²) in [5.74, 6) is 0.631. The second-order valence-corrected chi connectivity index (χ2v) is 6.04. The molecule has 0 bridgehead atoms. The van der Waals surface area contributed by atoms with Gasteiger partial charge in [0.05, 0.1) is 6.42 Å². The lowest BCUT2D eigenvalue weighted by Gasteiger charge is -2.20. The number of aromatic nitrogens is 2. The van der Waals surface area contributed by atoms with Crippen LogP contribution in [0.3, 0.4) is 0 Å². The Morgan fingerprint density at radius 1 is 1.15 bits per heavy atom. The molecule has 0 saturated carbocycles. The van der Waals surface area contributed by atoms with E-state index in [1.54, 1.807) is 18.5 Å². The van der Waals surface area contributed by atoms with E-state index in [9.17, 15) is 4.79 Å². The number of hydrogen-bond donors (Lipinski definition) is 0. The molecule has 0 atom stereocenters. The minimum atomic E-state index is 0.0640. The summed E-state index contributed by atoms with van der Waals surface area (Å²) in [5, 5.41) is 0. The van der Waals surface area contributed by atoms with Gasteiger partial charge in [0.1, 0.15) is 5.82 Å². The van der Waals surface area contributed by atoms with Crippen molar-refractivity contribution in [1.29, 1.82) is 0 Å². The molecule has 1 aromatic heterocycles. The number of Topliss-reactive ketones (excluding diaryl/α,β-unsaturated/α-hetero) is 1. The van der Waals surface area contributed by atoms with Crippen LogP contribution < -0.4 is 0 Å². The second kappa shape index (κ2) is 5.53. The van der Waals surface area contributed by atoms with Crippen molar-refractivity contribution in [2.24, 2.45) is 0 Å². The van der Waals surface area contributed by atoms with Crippen LogP contribution >= 0.6 is 0 Å². The zero-order valence-corrected chi connectivity index (χ0v) is 12.5. The summed E-state index contributed by atoms with van der Waals surface area (Å²) in [4.78, 5) is 20.5. The standard InChI is InChI=1S/C17H20N2O/c1-12-10-13(17(2,3)4)6-7-14(12)15(20)11-16-18-8-5-9-19-16/h5-10H,11H2,1-4H3. The summed E-state index contributed by atoms with van der Waals surface area (Å²) in [5.41, 5.74) is 3.10. The van der Waals surface area contributed by atoms with Gasteiger partial charge in [0.25, 0.3) is 0 Å². The normalized spacial score (nSPS) is 11.4. The molecule has 20 heavy (non-hydrogen) atoms. The molecule has 0 aliphatic carbocycles. The first-order chi connectivity index (χ1) is 9.38. The highest BCUT2D eigenvalue weighted by Crippen LogP contribution is 2.24. The van der Waals surface area contributed by atoms with Gasteiger partial charge < -0.3 is 0 Å². The van der Waals surface area contributed by atoms with Gasteiger partial charge in [0, 0.05) is 18.0 Å². The number of ketones is 1. The third-order valence-corrected chi connectivity index (χ3v) is 3.33. The van der Waals surface area contributed by atoms with Gasteiger partial charge in [-0.2, -0.15) is 0 Å². The zero-order chi connectivity index (χ0) is 14.8. The number of nitrogens with zero attached hydrogens (tertiary/aromatic N) is 2. The van der Waals surface area contributed by atoms with Crippen LogP contribution in [0.2, 0.25) is 0 Å². The molecule has 0 unspecified atom stereocenters. The van der Waals surface area contributed by atoms with E-state index in [1.165, 1.54) is 5.56 Å². The van der Waals surface area contributed by atoms with Crippen LogP contribution in [0.25, 0.3) is 0 Å². The summed E-state index contributed by atoms with van der Waals surface area (Å²) < 4.78 is 0. The van der Waals surface area contributed by atoms with E-state index in [0.717, 1.165) is 11.1 Å². The Kier molecular flexibility index (Phi) is 3.98. The Labute approximate surface area is 120 Å². The van der Waals surface area contributed by atoms with E-state index in [0.29, 0.717) is 5.82 Å². The highest BCUT2D eigenvalue weighted by Gasteiger charge is 2.17. The molecular weight excluding hydrogens is 248 g/mol. The minimum Gasteiger partial charge on any atom is -0.294 e. The van der Waals surface area contributed by atoms with Crippen molar-refractivity contribution in [1.82, 2.24) is 9.97 Å². The first kappa shape index (κ1) is 14.4. The van der Waals surface area contributed by atoms with Gasteiger partial charge in [-0.05, 0) is 29.5 Å². The van der Waals surface area contributed by atoms with Crippen LogP contribution in [0, 0.1) is 6.92 Å². The fourth-order valence-corrected chi connectivity index (χ4v) is 2.10. The maximum atomic E-state index is 12.3. The van der Waals surface area contributed by atoms with Crippen LogP contribution in [0.5, 0.6) is 0 Å². The second-order valence-electron chi connectivity index (χ2n) is 6.04. The Hall–Kier alpha value is -2.03. The number of carbonyl (C=O) groups excluding carboxylic acids is 1. The van der Waals surface area contributed by atoms with E-state index in [2.05, 4.69) is 36.8 Å². The number of aryl methyl sites for hydroxylation is 1. The molecule has 0 aliphatic rings. The third-order valence-electron chi connectivity index (χ3n) is 3.33. The monoisotopic (exact) mass is 268 g/mol. The quantitative estimate of drug-likeness (QED) is 0.800. The van der Waals surface area contributed by atoms with E-state index >= 15 is 0 Å². The molecule has 1 aromatic carbocycles. The van der Waals surface area contributed by atoms with Crippen LogP contribution in [0.15, 0.2) is 36.7 Å². The van der Waals surface area contributed by atoms with E-state index < -0.39 is 0 Å². The zero-order valence-electron chi connectivity index (χ0n) is 12.5. The summed E-state index contributed by atoms with van der Waals surface area (Å²) in [6.07, 6.45) is 3.56. The minimum absolute atomic E-state index is 0.0640. The fraction of sp³-hybridized carbons (Fsp3) is 0.353. The highest BCUT2D eigenvalue weighted by atomic mass is 16.1. The molecule has 0 aliphatic heterocycles. The van der Waals surface area contributed by atoms with Crippen LogP contribution in [0.4, 0.5) is 0 Å². The number of carbonyl (C=O) groups is 1. The van der Waals surface area contributed by atoms with Gasteiger partial charge in [-0.1, -0.05) is 39.0 Å². The lowest BCUT2D eigenvalue weighted by molar-refractivity contribution is 0.0990. The average molecular weight is 268 g/mol. The Bertz CT molecular complexity index is 613. The Morgan fingerprint density at radius 3 is 2.35 bits per heavy atom. The van der Waals surface area contributed by atoms with Gasteiger partial charge in [0.15, 0.2) is 5.78 Å². The molecule has 0 fully saturated rings. The van der Waals surface area contributed by atoms with Crippen LogP contribution in [0.1, 0.15) is 48.1 Å². The molecule has 2 aromatic rings. The van der Waals surface area contributed by atoms with Crippen LogP contribution in [-0.2, 0) is 11.8 Å². The largest absolute Gasteiger partial charge is 0.294 e. The van der Waals surface area contributed by atoms with Crippen LogP contribution in [-0.4, -0.2) is 15.8 Å². The maximum Gasteiger partial charge on any atom is 0.170 e. The predicted octanol–water partition coefficient (Wildman–Crippen LogP) is 3.51. The fourth-order valence-electron chi connectivity index (χ4n) is 2.10. The molecule has 2 rings (SSSR count). The lowest BCUT2D eigenvalue weighted by Crippen LogP contribution is -2.13. The molecule has 3 nitrogen and oxygen atoms in total. The smallest absolute Gasteiger partial charge is 0.170 e. The van der Waals surface area contributed by atoms with Gasteiger partial charge in [-0.3, -0.25) is 4.79 Å². The first-order valence-electron chi connectivity index (χ1n) is 6.78. The van der Waals surface area contributed by atoms with Gasteiger partial charge >= 0.3 is 0 Å². The van der Waals surface area contributed by atoms with Gasteiger partial charge in [-0.25, -0.2) is 9.97 Å². The molecule has 104 valence electrons. The molecule has 3 heteroatoms. The molecule has 0 spiro atoms. The summed E-state index contributed by atoms with van der Waals surface area (Å²) in [6.45, 7) is 8.48. The van der Waals surface area contributed by atoms with Crippen molar-refractivity contribution in [3.05, 3.63) is 59.2 Å². The van der Waals surface area contributed by atoms with Crippen molar-refractivity contribution in [3.63, 3.8) is 0 Å². The summed E-state index contributed by atoms with van der Waals surface area (Å²) in [6, 6.07) is 7.80. The molecule has 0 N–H and O–H groups in total. The molecule has 1 heterocycles. The van der Waals surface area contributed by atoms with Gasteiger partial charge in [0.2, 0.25) is 0 Å². The van der Waals surface area contributed by atoms with Crippen molar-refractivity contribution >= 4 is 5.78 Å². The van der Waals surface area contributed by atoms with Gasteiger partial charge in [-0.15, -0.1) is 0 Å². The Balaban J connectivity index is 2.23. The highest BCUT2D eigenvalue weighted by molar-refractivity contribution is 5.98. The molecule has 0 saturated heterocycles. The van der Waals surface area contributed by atoms with Crippen molar-refractivity contribution in [2.75, 3.05) is 0 Å². The third kappa shape index (κ3) is 3.29. The first-order valence-corrected chi connectivity index (χ1v) is 6.78. The van der Waals surface area contributed by atoms with Crippen molar-refractivity contribution in [2.45, 2.75) is 39.5 Å². The predicted molar refractivity (Wildman–Crippen MR) is 79.9 cm³/mol. The van der Waals surface area contributed by atoms with E-state index in [1.807, 2.05) is 19.1 Å². The molecule has 0 radical (unpaired) electrons. The van der Waals surface area contributed by atoms with Crippen molar-refractivity contribution in [3.8, 4) is 0 Å². The number of hydrogen-bond acceptors (Lipinski definition) is 3. The van der Waals surface area contributed by atoms with Crippen molar-refractivity contribution < 1.29 is 4.79 Å². The maximum absolute atomic E-state index is 12.3. The Morgan fingerprint density at radius 2 is 1.80 bits per heavy atom. The topological polar surface area (TPSA) is 42.9 Å². The van der Waals surface area contributed by atoms with E-state index in [4.69, 9.17) is 0 Å². The summed E-state index contributed by atoms with van der Waals surface area (Å²) >= 11 is 0. The van der Waals surface area contributed by atoms with E-state index in [-0.39, 0.29) is 17.6 Å². The molecule has 0 amide bonds. The SMILES string of the molecule is Cc1cc(C(C)(C)C)ccc1C(=O)Cc1ncccn1. The summed E-state index contributed by atoms with van der Waals surface area (Å²) in [7, 11) is 0. The lowest BCUT2D eigenvalue weighted by atomic mass is 9.85. The average Bonchev–Trinajstić information content (AvgIpc) is 2.38. The molecular formula is C17H20N2O. The number of benzene rings is 1. The number of rotatable bonds is 3.